The summed E-state index contributed by atoms with van der Waals surface area (Å²) in [6, 6.07) is 16.8. The average Bonchev–Trinajstić information content (AvgIpc) is 3.08. The van der Waals surface area contributed by atoms with Gasteiger partial charge in [0.1, 0.15) is 17.2 Å². The van der Waals surface area contributed by atoms with Gasteiger partial charge in [-0.05, 0) is 48.2 Å². The first-order valence-electron chi connectivity index (χ1n) is 16.4. The summed E-state index contributed by atoms with van der Waals surface area (Å²) in [6.45, 7) is 9.96. The molecule has 1 fully saturated rings. The van der Waals surface area contributed by atoms with E-state index in [2.05, 4.69) is 25.7 Å². The molecular weight excluding hydrogens is 675 g/mol. The van der Waals surface area contributed by atoms with Crippen molar-refractivity contribution in [3.8, 4) is 17.2 Å². The van der Waals surface area contributed by atoms with Crippen LogP contribution in [0.5, 0.6) is 17.2 Å². The summed E-state index contributed by atoms with van der Waals surface area (Å²) in [5.41, 5.74) is 1.61. The maximum absolute atomic E-state index is 13.4. The Morgan fingerprint density at radius 2 is 1.51 bits per heavy atom. The van der Waals surface area contributed by atoms with Crippen molar-refractivity contribution in [2.75, 3.05) is 61.4 Å². The van der Waals surface area contributed by atoms with Crippen molar-refractivity contribution in [2.45, 2.75) is 33.1 Å². The molecule has 14 nitrogen and oxygen atoms in total. The van der Waals surface area contributed by atoms with Crippen molar-refractivity contribution in [1.29, 1.82) is 0 Å². The van der Waals surface area contributed by atoms with E-state index in [0.29, 0.717) is 60.7 Å². The standard InChI is InChI=1S/C36H43N7O7S/c1-7-37-35(46)43-18-16-42(17-19-43)33(44)30-22-24(14-15-38-30)50-31-13-12-27(25-10-8-9-11-26(25)31)39-34(45)40-28-20-23(36(2,3)4)21-29(32(28)49-5)41-51(6,47)48/h8-15,20-22,41H,7,16-19H2,1-6H3,(H,37,46)(H2,39,40,45). The Labute approximate surface area is 297 Å². The Balaban J connectivity index is 1.34. The number of hydrogen-bond acceptors (Lipinski definition) is 8. The van der Waals surface area contributed by atoms with Gasteiger partial charge in [-0.25, -0.2) is 18.0 Å². The summed E-state index contributed by atoms with van der Waals surface area (Å²) in [7, 11) is -2.25. The van der Waals surface area contributed by atoms with Crippen LogP contribution in [0.15, 0.2) is 66.9 Å². The van der Waals surface area contributed by atoms with Gasteiger partial charge in [-0.1, -0.05) is 45.0 Å². The second-order valence-corrected chi connectivity index (χ2v) is 14.8. The van der Waals surface area contributed by atoms with Crippen LogP contribution in [0.4, 0.5) is 26.7 Å². The highest BCUT2D eigenvalue weighted by Gasteiger charge is 2.26. The maximum Gasteiger partial charge on any atom is 0.323 e. The molecule has 3 aromatic carbocycles. The number of sulfonamides is 1. The van der Waals surface area contributed by atoms with E-state index < -0.39 is 16.1 Å². The molecule has 5 amide bonds. The van der Waals surface area contributed by atoms with Gasteiger partial charge < -0.3 is 35.2 Å². The van der Waals surface area contributed by atoms with Crippen molar-refractivity contribution >= 4 is 55.8 Å². The highest BCUT2D eigenvalue weighted by molar-refractivity contribution is 7.92. The van der Waals surface area contributed by atoms with Crippen LogP contribution in [0.2, 0.25) is 0 Å². The zero-order valence-electron chi connectivity index (χ0n) is 29.5. The number of hydrogen-bond donors (Lipinski definition) is 4. The number of aromatic nitrogens is 1. The highest BCUT2D eigenvalue weighted by atomic mass is 32.2. The number of amides is 5. The van der Waals surface area contributed by atoms with E-state index >= 15 is 0 Å². The first-order valence-corrected chi connectivity index (χ1v) is 18.3. The largest absolute Gasteiger partial charge is 0.492 e. The van der Waals surface area contributed by atoms with Crippen LogP contribution in [0.3, 0.4) is 0 Å². The number of piperazine rings is 1. The lowest BCUT2D eigenvalue weighted by molar-refractivity contribution is 0.0659. The van der Waals surface area contributed by atoms with E-state index in [1.54, 1.807) is 46.2 Å². The molecule has 270 valence electrons. The van der Waals surface area contributed by atoms with E-state index in [9.17, 15) is 22.8 Å². The maximum atomic E-state index is 13.4. The third-order valence-corrected chi connectivity index (χ3v) is 8.79. The molecular formula is C36H43N7O7S. The van der Waals surface area contributed by atoms with Crippen molar-refractivity contribution in [1.82, 2.24) is 20.1 Å². The van der Waals surface area contributed by atoms with Gasteiger partial charge in [-0.2, -0.15) is 0 Å². The lowest BCUT2D eigenvalue weighted by Crippen LogP contribution is -2.53. The summed E-state index contributed by atoms with van der Waals surface area (Å²) >= 11 is 0. The second-order valence-electron chi connectivity index (χ2n) is 13.1. The topological polar surface area (TPSA) is 171 Å². The molecule has 1 aliphatic rings. The summed E-state index contributed by atoms with van der Waals surface area (Å²) < 4.78 is 38.5. The molecule has 0 radical (unpaired) electrons. The van der Waals surface area contributed by atoms with Gasteiger partial charge in [-0.3, -0.25) is 14.5 Å². The molecule has 0 spiro atoms. The zero-order chi connectivity index (χ0) is 36.9. The summed E-state index contributed by atoms with van der Waals surface area (Å²) in [4.78, 5) is 46.5. The summed E-state index contributed by atoms with van der Waals surface area (Å²) in [5, 5.41) is 9.88. The quantitative estimate of drug-likeness (QED) is 0.167. The number of carbonyl (C=O) groups is 3. The van der Waals surface area contributed by atoms with Gasteiger partial charge in [0.2, 0.25) is 10.0 Å². The van der Waals surface area contributed by atoms with Crippen molar-refractivity contribution in [2.24, 2.45) is 0 Å². The molecule has 2 heterocycles. The molecule has 0 saturated carbocycles. The lowest BCUT2D eigenvalue weighted by atomic mass is 9.86. The van der Waals surface area contributed by atoms with Crippen LogP contribution in [0, 0.1) is 0 Å². The minimum absolute atomic E-state index is 0.142. The second kappa shape index (κ2) is 15.1. The van der Waals surface area contributed by atoms with Gasteiger partial charge in [0.25, 0.3) is 5.91 Å². The van der Waals surface area contributed by atoms with E-state index in [-0.39, 0.29) is 40.2 Å². The Bertz CT molecular complexity index is 2060. The lowest BCUT2D eigenvalue weighted by Gasteiger charge is -2.34. The highest BCUT2D eigenvalue weighted by Crippen LogP contribution is 2.40. The molecule has 0 atom stereocenters. The number of pyridine rings is 1. The normalized spacial score (nSPS) is 13.4. The number of fused-ring (bicyclic) bond motifs is 1. The minimum Gasteiger partial charge on any atom is -0.492 e. The fourth-order valence-electron chi connectivity index (χ4n) is 5.65. The van der Waals surface area contributed by atoms with Gasteiger partial charge >= 0.3 is 12.1 Å². The average molecular weight is 718 g/mol. The molecule has 1 saturated heterocycles. The van der Waals surface area contributed by atoms with E-state index in [0.717, 1.165) is 11.8 Å². The molecule has 5 rings (SSSR count). The number of carbonyl (C=O) groups excluding carboxylic acids is 3. The molecule has 1 aromatic heterocycles. The smallest absolute Gasteiger partial charge is 0.323 e. The predicted octanol–water partition coefficient (Wildman–Crippen LogP) is 5.84. The number of anilines is 3. The van der Waals surface area contributed by atoms with E-state index in [1.807, 2.05) is 52.0 Å². The Hall–Kier alpha value is -5.57. The van der Waals surface area contributed by atoms with Crippen LogP contribution in [-0.2, 0) is 15.4 Å². The Kier molecular flexibility index (Phi) is 10.9. The number of methoxy groups -OCH3 is 1. The Morgan fingerprint density at radius 3 is 2.16 bits per heavy atom. The van der Waals surface area contributed by atoms with E-state index in [1.165, 1.54) is 13.3 Å². The number of urea groups is 2. The van der Waals surface area contributed by atoms with Gasteiger partial charge in [0.15, 0.2) is 5.75 Å². The number of nitrogens with one attached hydrogen (secondary N) is 4. The van der Waals surface area contributed by atoms with Crippen LogP contribution in [0.1, 0.15) is 43.7 Å². The molecule has 0 aliphatic carbocycles. The predicted molar refractivity (Wildman–Crippen MR) is 198 cm³/mol. The molecule has 0 unspecified atom stereocenters. The molecule has 4 aromatic rings. The van der Waals surface area contributed by atoms with Crippen LogP contribution >= 0.6 is 0 Å². The van der Waals surface area contributed by atoms with Gasteiger partial charge in [0, 0.05) is 55.8 Å². The third-order valence-electron chi connectivity index (χ3n) is 8.20. The Morgan fingerprint density at radius 1 is 0.863 bits per heavy atom. The minimum atomic E-state index is -3.64. The molecule has 1 aliphatic heterocycles. The van der Waals surface area contributed by atoms with Crippen molar-refractivity contribution in [3.63, 3.8) is 0 Å². The van der Waals surface area contributed by atoms with Crippen molar-refractivity contribution in [3.05, 3.63) is 78.1 Å². The SMILES string of the molecule is CCNC(=O)N1CCN(C(=O)c2cc(Oc3ccc(NC(=O)Nc4cc(C(C)(C)C)cc(NS(C)(=O)=O)c4OC)c4ccccc34)ccn2)CC1. The first kappa shape index (κ1) is 36.7. The van der Waals surface area contributed by atoms with Gasteiger partial charge in [0.05, 0.1) is 30.4 Å². The fourth-order valence-corrected chi connectivity index (χ4v) is 6.20. The number of rotatable bonds is 9. The molecule has 0 bridgehead atoms. The monoisotopic (exact) mass is 717 g/mol. The summed E-state index contributed by atoms with van der Waals surface area (Å²) in [5.74, 6) is 0.805. The zero-order valence-corrected chi connectivity index (χ0v) is 30.3. The molecule has 51 heavy (non-hydrogen) atoms. The van der Waals surface area contributed by atoms with Crippen molar-refractivity contribution < 1.29 is 32.3 Å². The molecule has 15 heteroatoms. The summed E-state index contributed by atoms with van der Waals surface area (Å²) in [6.07, 6.45) is 2.55. The fraction of sp³-hybridized carbons (Fsp3) is 0.333. The van der Waals surface area contributed by atoms with Gasteiger partial charge in [-0.15, -0.1) is 0 Å². The first-order chi connectivity index (χ1) is 24.2. The number of ether oxygens (including phenoxy) is 2. The van der Waals surface area contributed by atoms with E-state index in [4.69, 9.17) is 9.47 Å². The van der Waals surface area contributed by atoms with Crippen LogP contribution in [-0.4, -0.2) is 87.3 Å². The van der Waals surface area contributed by atoms with Crippen LogP contribution < -0.4 is 30.1 Å². The molecule has 4 N–H and O–H groups in total. The third kappa shape index (κ3) is 8.97. The number of benzene rings is 3. The van der Waals surface area contributed by atoms with Crippen LogP contribution in [0.25, 0.3) is 10.8 Å². The number of nitrogens with zero attached hydrogens (tertiary/aromatic N) is 3.